The van der Waals surface area contributed by atoms with Gasteiger partial charge in [-0.05, 0) is 47.7 Å². The Morgan fingerprint density at radius 1 is 1.12 bits per heavy atom. The third-order valence-corrected chi connectivity index (χ3v) is 4.90. The summed E-state index contributed by atoms with van der Waals surface area (Å²) in [5.41, 5.74) is 2.44. The molecule has 1 aliphatic rings. The first-order valence-corrected chi connectivity index (χ1v) is 8.89. The second-order valence-electron chi connectivity index (χ2n) is 5.82. The fraction of sp³-hybridized carbons (Fsp3) is 0.0476. The average molecular weight is 362 g/mol. The van der Waals surface area contributed by atoms with Gasteiger partial charge in [0, 0.05) is 6.07 Å². The monoisotopic (exact) mass is 362 g/mol. The first-order chi connectivity index (χ1) is 12.6. The minimum atomic E-state index is -0.431. The average Bonchev–Trinajstić information content (AvgIpc) is 3.26. The molecule has 1 aliphatic heterocycles. The van der Waals surface area contributed by atoms with Gasteiger partial charge in [-0.15, -0.1) is 11.3 Å². The molecular weight excluding hydrogens is 348 g/mol. The van der Waals surface area contributed by atoms with Crippen LogP contribution in [0.15, 0.2) is 65.7 Å². The molecule has 0 radical (unpaired) electrons. The van der Waals surface area contributed by atoms with Crippen molar-refractivity contribution in [1.82, 2.24) is 0 Å². The van der Waals surface area contributed by atoms with Crippen LogP contribution in [-0.4, -0.2) is 11.8 Å². The summed E-state index contributed by atoms with van der Waals surface area (Å²) in [6, 6.07) is 16.0. The zero-order chi connectivity index (χ0) is 18.1. The number of ketones is 1. The maximum Gasteiger partial charge on any atom is 0.353 e. The molecule has 0 fully saturated rings. The van der Waals surface area contributed by atoms with Crippen LogP contribution >= 0.6 is 11.3 Å². The fourth-order valence-corrected chi connectivity index (χ4v) is 3.27. The van der Waals surface area contributed by atoms with Gasteiger partial charge in [0.25, 0.3) is 0 Å². The van der Waals surface area contributed by atoms with Crippen molar-refractivity contribution >= 4 is 29.2 Å². The summed E-state index contributed by atoms with van der Waals surface area (Å²) in [4.78, 5) is 25.1. The van der Waals surface area contributed by atoms with Crippen molar-refractivity contribution in [1.29, 1.82) is 0 Å². The van der Waals surface area contributed by atoms with Crippen molar-refractivity contribution in [2.24, 2.45) is 0 Å². The minimum absolute atomic E-state index is 0.181. The number of Topliss-reactive ketones (excluding diaryl/α,β-unsaturated/α-hetero) is 1. The molecule has 3 aromatic rings. The molecule has 0 unspecified atom stereocenters. The van der Waals surface area contributed by atoms with E-state index in [1.807, 2.05) is 36.6 Å². The summed E-state index contributed by atoms with van der Waals surface area (Å²) < 4.78 is 11.1. The van der Waals surface area contributed by atoms with Crippen LogP contribution in [0.4, 0.5) is 0 Å². The molecule has 0 N–H and O–H groups in total. The number of hydrogen-bond donors (Lipinski definition) is 0. The van der Waals surface area contributed by atoms with Gasteiger partial charge < -0.3 is 9.47 Å². The lowest BCUT2D eigenvalue weighted by Gasteiger charge is -2.04. The Kier molecular flexibility index (Phi) is 4.14. The Labute approximate surface area is 154 Å². The lowest BCUT2D eigenvalue weighted by molar-refractivity contribution is 0.0739. The zero-order valence-corrected chi connectivity index (χ0v) is 14.7. The van der Waals surface area contributed by atoms with Crippen LogP contribution in [0.5, 0.6) is 11.5 Å². The lowest BCUT2D eigenvalue weighted by Crippen LogP contribution is -2.06. The molecule has 0 bridgehead atoms. The van der Waals surface area contributed by atoms with Crippen LogP contribution in [0.25, 0.3) is 6.08 Å². The highest BCUT2D eigenvalue weighted by atomic mass is 32.1. The van der Waals surface area contributed by atoms with Crippen molar-refractivity contribution in [3.8, 4) is 11.5 Å². The summed E-state index contributed by atoms with van der Waals surface area (Å²) >= 11 is 1.31. The molecule has 0 saturated carbocycles. The lowest BCUT2D eigenvalue weighted by atomic mass is 10.1. The number of hydrogen-bond acceptors (Lipinski definition) is 5. The Morgan fingerprint density at radius 3 is 2.73 bits per heavy atom. The largest absolute Gasteiger partial charge is 0.452 e. The highest BCUT2D eigenvalue weighted by Crippen LogP contribution is 2.35. The van der Waals surface area contributed by atoms with Gasteiger partial charge >= 0.3 is 5.97 Å². The third kappa shape index (κ3) is 3.05. The summed E-state index contributed by atoms with van der Waals surface area (Å²) in [7, 11) is 0. The van der Waals surface area contributed by atoms with E-state index >= 15 is 0 Å². The number of carbonyl (C=O) groups is 2. The Morgan fingerprint density at radius 2 is 1.96 bits per heavy atom. The van der Waals surface area contributed by atoms with Gasteiger partial charge in [0.05, 0.1) is 5.56 Å². The van der Waals surface area contributed by atoms with E-state index < -0.39 is 5.97 Å². The number of esters is 1. The number of carbonyl (C=O) groups excluding carboxylic acids is 2. The van der Waals surface area contributed by atoms with Crippen LogP contribution in [0.3, 0.4) is 0 Å². The molecule has 2 aromatic carbocycles. The molecule has 0 aliphatic carbocycles. The van der Waals surface area contributed by atoms with Gasteiger partial charge in [0.2, 0.25) is 5.78 Å². The van der Waals surface area contributed by atoms with E-state index in [1.165, 1.54) is 11.3 Å². The van der Waals surface area contributed by atoms with Crippen LogP contribution in [0, 0.1) is 6.92 Å². The van der Waals surface area contributed by atoms with Crippen molar-refractivity contribution in [3.63, 3.8) is 0 Å². The van der Waals surface area contributed by atoms with E-state index in [0.29, 0.717) is 21.9 Å². The molecule has 0 saturated heterocycles. The predicted octanol–water partition coefficient (Wildman–Crippen LogP) is 4.89. The number of ether oxygens (including phenoxy) is 2. The number of thiophene rings is 1. The van der Waals surface area contributed by atoms with Crippen molar-refractivity contribution in [2.45, 2.75) is 6.92 Å². The summed E-state index contributed by atoms with van der Waals surface area (Å²) in [6.45, 7) is 1.97. The van der Waals surface area contributed by atoms with Gasteiger partial charge in [0.1, 0.15) is 16.4 Å². The van der Waals surface area contributed by atoms with Gasteiger partial charge in [-0.3, -0.25) is 4.79 Å². The van der Waals surface area contributed by atoms with E-state index in [9.17, 15) is 9.59 Å². The second-order valence-corrected chi connectivity index (χ2v) is 6.77. The second kappa shape index (κ2) is 6.61. The quantitative estimate of drug-likeness (QED) is 0.378. The van der Waals surface area contributed by atoms with Gasteiger partial charge in [-0.25, -0.2) is 4.79 Å². The SMILES string of the molecule is Cc1ccccc1C=C1Oc2cc(OC(=O)c3cccs3)ccc2C1=O. The zero-order valence-electron chi connectivity index (χ0n) is 13.9. The first-order valence-electron chi connectivity index (χ1n) is 8.01. The van der Waals surface area contributed by atoms with Crippen molar-refractivity contribution < 1.29 is 19.1 Å². The summed E-state index contributed by atoms with van der Waals surface area (Å²) in [5.74, 6) is 0.383. The maximum atomic E-state index is 12.5. The molecule has 0 spiro atoms. The van der Waals surface area contributed by atoms with Gasteiger partial charge in [-0.1, -0.05) is 30.3 Å². The molecule has 0 atom stereocenters. The number of benzene rings is 2. The Bertz CT molecular complexity index is 1030. The normalized spacial score (nSPS) is 14.2. The predicted molar refractivity (Wildman–Crippen MR) is 99.8 cm³/mol. The molecule has 2 heterocycles. The van der Waals surface area contributed by atoms with Crippen LogP contribution in [0.2, 0.25) is 0 Å². The van der Waals surface area contributed by atoms with Crippen molar-refractivity contribution in [3.05, 3.63) is 87.3 Å². The standard InChI is InChI=1S/C21H14O4S/c1-13-5-2-3-6-14(13)11-18-20(22)16-9-8-15(12-17(16)25-18)24-21(23)19-7-4-10-26-19/h2-12H,1H3. The highest BCUT2D eigenvalue weighted by Gasteiger charge is 2.28. The van der Waals surface area contributed by atoms with E-state index in [-0.39, 0.29) is 11.5 Å². The molecule has 4 rings (SSSR count). The molecule has 128 valence electrons. The van der Waals surface area contributed by atoms with Crippen molar-refractivity contribution in [2.75, 3.05) is 0 Å². The molecule has 4 nitrogen and oxygen atoms in total. The topological polar surface area (TPSA) is 52.6 Å². The summed E-state index contributed by atoms with van der Waals surface area (Å²) in [5, 5.41) is 1.81. The third-order valence-electron chi connectivity index (χ3n) is 4.05. The molecule has 1 aromatic heterocycles. The Hall–Kier alpha value is -3.18. The number of fused-ring (bicyclic) bond motifs is 1. The number of rotatable bonds is 3. The van der Waals surface area contributed by atoms with E-state index in [4.69, 9.17) is 9.47 Å². The Balaban J connectivity index is 1.59. The fourth-order valence-electron chi connectivity index (χ4n) is 2.67. The maximum absolute atomic E-state index is 12.5. The number of allylic oxidation sites excluding steroid dienone is 1. The number of aryl methyl sites for hydroxylation is 1. The first kappa shape index (κ1) is 16.3. The molecule has 26 heavy (non-hydrogen) atoms. The molecular formula is C21H14O4S. The van der Waals surface area contributed by atoms with E-state index in [1.54, 1.807) is 36.4 Å². The van der Waals surface area contributed by atoms with Crippen LogP contribution in [0.1, 0.15) is 31.2 Å². The molecule has 0 amide bonds. The minimum Gasteiger partial charge on any atom is -0.452 e. The smallest absolute Gasteiger partial charge is 0.353 e. The molecule has 5 heteroatoms. The van der Waals surface area contributed by atoms with Crippen LogP contribution in [-0.2, 0) is 0 Å². The van der Waals surface area contributed by atoms with Gasteiger partial charge in [-0.2, -0.15) is 0 Å². The van der Waals surface area contributed by atoms with E-state index in [2.05, 4.69) is 0 Å². The van der Waals surface area contributed by atoms with Crippen LogP contribution < -0.4 is 9.47 Å². The summed E-state index contributed by atoms with van der Waals surface area (Å²) in [6.07, 6.45) is 1.73. The van der Waals surface area contributed by atoms with E-state index in [0.717, 1.165) is 11.1 Å². The van der Waals surface area contributed by atoms with Gasteiger partial charge in [0.15, 0.2) is 5.76 Å². The highest BCUT2D eigenvalue weighted by molar-refractivity contribution is 7.12.